The van der Waals surface area contributed by atoms with Gasteiger partial charge in [-0.2, -0.15) is 5.26 Å². The van der Waals surface area contributed by atoms with Crippen molar-refractivity contribution in [2.24, 2.45) is 0 Å². The van der Waals surface area contributed by atoms with E-state index in [1.807, 2.05) is 19.1 Å². The van der Waals surface area contributed by atoms with Crippen LogP contribution in [0.1, 0.15) is 11.1 Å². The van der Waals surface area contributed by atoms with Gasteiger partial charge in [-0.1, -0.05) is 24.3 Å². The predicted molar refractivity (Wildman–Crippen MR) is 77.3 cm³/mol. The molecule has 0 fully saturated rings. The molecule has 1 aromatic heterocycles. The number of hydrogen-bond acceptors (Lipinski definition) is 3. The molecule has 4 heteroatoms. The highest BCUT2D eigenvalue weighted by atomic mass is 16.1. The van der Waals surface area contributed by atoms with Crippen LogP contribution in [0.3, 0.4) is 0 Å². The van der Waals surface area contributed by atoms with Crippen LogP contribution in [0, 0.1) is 18.3 Å². The highest BCUT2D eigenvalue weighted by molar-refractivity contribution is 5.79. The Bertz CT molecular complexity index is 903. The average molecular weight is 261 g/mol. The number of hydrogen-bond donors (Lipinski definition) is 1. The van der Waals surface area contributed by atoms with Crippen LogP contribution in [0.15, 0.2) is 47.3 Å². The third kappa shape index (κ3) is 1.86. The Labute approximate surface area is 115 Å². The molecule has 0 saturated heterocycles. The van der Waals surface area contributed by atoms with Gasteiger partial charge in [-0.15, -0.1) is 0 Å². The lowest BCUT2D eigenvalue weighted by molar-refractivity contribution is 1.17. The molecule has 0 aliphatic rings. The molecule has 0 radical (unpaired) electrons. The second-order valence-corrected chi connectivity index (χ2v) is 4.52. The fraction of sp³-hybridized carbons (Fsp3) is 0.0625. The minimum absolute atomic E-state index is 0.174. The summed E-state index contributed by atoms with van der Waals surface area (Å²) in [4.78, 5) is 19.3. The molecule has 0 saturated carbocycles. The van der Waals surface area contributed by atoms with Crippen molar-refractivity contribution in [3.8, 4) is 17.5 Å². The highest BCUT2D eigenvalue weighted by Crippen LogP contribution is 2.22. The summed E-state index contributed by atoms with van der Waals surface area (Å²) in [6.07, 6.45) is 0. The molecule has 4 nitrogen and oxygen atoms in total. The standard InChI is InChI=1S/C16H11N3O/c1-10-11(9-17)5-4-7-12(10)15-18-14-8-3-2-6-13(14)16(20)19-15/h2-8H,1H3,(H,18,19,20). The zero-order chi connectivity index (χ0) is 14.1. The van der Waals surface area contributed by atoms with Gasteiger partial charge in [0, 0.05) is 5.56 Å². The van der Waals surface area contributed by atoms with E-state index in [9.17, 15) is 4.79 Å². The van der Waals surface area contributed by atoms with Crippen LogP contribution in [0.4, 0.5) is 0 Å². The summed E-state index contributed by atoms with van der Waals surface area (Å²) in [5, 5.41) is 9.63. The number of nitrogens with one attached hydrogen (secondary N) is 1. The van der Waals surface area contributed by atoms with Gasteiger partial charge < -0.3 is 4.98 Å². The number of benzene rings is 2. The minimum Gasteiger partial charge on any atom is -0.306 e. The van der Waals surface area contributed by atoms with Crippen molar-refractivity contribution >= 4 is 10.9 Å². The zero-order valence-corrected chi connectivity index (χ0v) is 10.8. The van der Waals surface area contributed by atoms with Gasteiger partial charge in [-0.3, -0.25) is 4.79 Å². The first-order valence-electron chi connectivity index (χ1n) is 6.20. The molecule has 1 N–H and O–H groups in total. The van der Waals surface area contributed by atoms with E-state index in [1.165, 1.54) is 0 Å². The summed E-state index contributed by atoms with van der Waals surface area (Å²) < 4.78 is 0. The van der Waals surface area contributed by atoms with E-state index in [-0.39, 0.29) is 5.56 Å². The summed E-state index contributed by atoms with van der Waals surface area (Å²) in [6.45, 7) is 1.85. The number of H-pyrrole nitrogens is 1. The van der Waals surface area contributed by atoms with Crippen LogP contribution in [-0.2, 0) is 0 Å². The van der Waals surface area contributed by atoms with Crippen LogP contribution >= 0.6 is 0 Å². The lowest BCUT2D eigenvalue weighted by Crippen LogP contribution is -2.10. The fourth-order valence-electron chi connectivity index (χ4n) is 2.23. The number of para-hydroxylation sites is 1. The molecule has 0 unspecified atom stereocenters. The maximum atomic E-state index is 12.1. The number of aromatic amines is 1. The van der Waals surface area contributed by atoms with E-state index < -0.39 is 0 Å². The second-order valence-electron chi connectivity index (χ2n) is 4.52. The average Bonchev–Trinajstić information content (AvgIpc) is 2.47. The van der Waals surface area contributed by atoms with Crippen molar-refractivity contribution in [2.45, 2.75) is 6.92 Å². The predicted octanol–water partition coefficient (Wildman–Crippen LogP) is 2.77. The van der Waals surface area contributed by atoms with Crippen LogP contribution in [0.5, 0.6) is 0 Å². The monoisotopic (exact) mass is 261 g/mol. The first-order valence-corrected chi connectivity index (χ1v) is 6.20. The van der Waals surface area contributed by atoms with E-state index in [4.69, 9.17) is 5.26 Å². The van der Waals surface area contributed by atoms with Crippen molar-refractivity contribution in [2.75, 3.05) is 0 Å². The van der Waals surface area contributed by atoms with Crippen LogP contribution in [0.25, 0.3) is 22.3 Å². The Kier molecular flexibility index (Phi) is 2.81. The minimum atomic E-state index is -0.174. The van der Waals surface area contributed by atoms with E-state index in [2.05, 4.69) is 16.0 Å². The first-order chi connectivity index (χ1) is 9.70. The van der Waals surface area contributed by atoms with Crippen molar-refractivity contribution in [1.29, 1.82) is 5.26 Å². The lowest BCUT2D eigenvalue weighted by Gasteiger charge is -2.07. The van der Waals surface area contributed by atoms with Crippen LogP contribution in [-0.4, -0.2) is 9.97 Å². The Morgan fingerprint density at radius 3 is 2.75 bits per heavy atom. The molecule has 1 heterocycles. The quantitative estimate of drug-likeness (QED) is 0.732. The van der Waals surface area contributed by atoms with Gasteiger partial charge in [-0.05, 0) is 30.7 Å². The fourth-order valence-corrected chi connectivity index (χ4v) is 2.23. The molecule has 0 aliphatic heterocycles. The van der Waals surface area contributed by atoms with Crippen LogP contribution in [0.2, 0.25) is 0 Å². The second kappa shape index (κ2) is 4.63. The van der Waals surface area contributed by atoms with Crippen molar-refractivity contribution in [3.63, 3.8) is 0 Å². The maximum Gasteiger partial charge on any atom is 0.259 e. The summed E-state index contributed by atoms with van der Waals surface area (Å²) in [7, 11) is 0. The van der Waals surface area contributed by atoms with Crippen molar-refractivity contribution in [3.05, 3.63) is 63.9 Å². The Morgan fingerprint density at radius 1 is 1.15 bits per heavy atom. The molecule has 0 aliphatic carbocycles. The van der Waals surface area contributed by atoms with E-state index in [0.717, 1.165) is 11.1 Å². The van der Waals surface area contributed by atoms with Gasteiger partial charge in [0.25, 0.3) is 5.56 Å². The largest absolute Gasteiger partial charge is 0.306 e. The Balaban J connectivity index is 2.31. The summed E-state index contributed by atoms with van der Waals surface area (Å²) in [5.41, 5.74) is 2.64. The van der Waals surface area contributed by atoms with Gasteiger partial charge >= 0.3 is 0 Å². The van der Waals surface area contributed by atoms with E-state index in [0.29, 0.717) is 22.3 Å². The molecule has 0 amide bonds. The number of nitriles is 1. The third-order valence-corrected chi connectivity index (χ3v) is 3.32. The molecular formula is C16H11N3O. The van der Waals surface area contributed by atoms with Gasteiger partial charge in [0.05, 0.1) is 22.5 Å². The molecule has 96 valence electrons. The van der Waals surface area contributed by atoms with Crippen LogP contribution < -0.4 is 5.56 Å². The molecule has 3 aromatic rings. The Hall–Kier alpha value is -2.93. The maximum absolute atomic E-state index is 12.1. The third-order valence-electron chi connectivity index (χ3n) is 3.32. The number of nitrogens with zero attached hydrogens (tertiary/aromatic N) is 2. The molecule has 3 rings (SSSR count). The molecular weight excluding hydrogens is 250 g/mol. The molecule has 0 atom stereocenters. The zero-order valence-electron chi connectivity index (χ0n) is 10.8. The van der Waals surface area contributed by atoms with Gasteiger partial charge in [-0.25, -0.2) is 4.98 Å². The highest BCUT2D eigenvalue weighted by Gasteiger charge is 2.10. The molecule has 2 aromatic carbocycles. The number of rotatable bonds is 1. The normalized spacial score (nSPS) is 10.4. The first kappa shape index (κ1) is 12.1. The molecule has 0 bridgehead atoms. The van der Waals surface area contributed by atoms with Crippen molar-refractivity contribution in [1.82, 2.24) is 9.97 Å². The summed E-state index contributed by atoms with van der Waals surface area (Å²) >= 11 is 0. The summed E-state index contributed by atoms with van der Waals surface area (Å²) in [6, 6.07) is 14.7. The SMILES string of the molecule is Cc1c(C#N)cccc1-c1nc2ccccc2c(=O)[nH]1. The lowest BCUT2D eigenvalue weighted by atomic mass is 10.0. The molecule has 0 spiro atoms. The van der Waals surface area contributed by atoms with Gasteiger partial charge in [0.1, 0.15) is 5.82 Å². The smallest absolute Gasteiger partial charge is 0.259 e. The molecule has 20 heavy (non-hydrogen) atoms. The van der Waals surface area contributed by atoms with E-state index in [1.54, 1.807) is 30.3 Å². The van der Waals surface area contributed by atoms with Crippen molar-refractivity contribution < 1.29 is 0 Å². The summed E-state index contributed by atoms with van der Waals surface area (Å²) in [5.74, 6) is 0.489. The Morgan fingerprint density at radius 2 is 1.95 bits per heavy atom. The topological polar surface area (TPSA) is 69.5 Å². The van der Waals surface area contributed by atoms with E-state index >= 15 is 0 Å². The number of fused-ring (bicyclic) bond motifs is 1. The number of aromatic nitrogens is 2. The van der Waals surface area contributed by atoms with Gasteiger partial charge in [0.15, 0.2) is 0 Å². The van der Waals surface area contributed by atoms with Gasteiger partial charge in [0.2, 0.25) is 0 Å².